The summed E-state index contributed by atoms with van der Waals surface area (Å²) < 4.78 is 7.68. The quantitative estimate of drug-likeness (QED) is 0.925. The Labute approximate surface area is 111 Å². The number of aryl methyl sites for hydroxylation is 2. The van der Waals surface area contributed by atoms with Gasteiger partial charge in [0.05, 0.1) is 18.0 Å². The number of hydrogen-bond acceptors (Lipinski definition) is 4. The number of nitrogens with zero attached hydrogens (tertiary/aromatic N) is 2. The minimum atomic E-state index is 0.113. The van der Waals surface area contributed by atoms with Crippen molar-refractivity contribution in [3.05, 3.63) is 22.5 Å². The normalized spacial score (nSPS) is 24.2. The maximum Gasteiger partial charge on any atom is 0.194 e. The number of imidazole rings is 1. The third-order valence-electron chi connectivity index (χ3n) is 3.64. The summed E-state index contributed by atoms with van der Waals surface area (Å²) >= 11 is 1.74. The van der Waals surface area contributed by atoms with Gasteiger partial charge in [-0.3, -0.25) is 4.40 Å². The average molecular weight is 265 g/mol. The lowest BCUT2D eigenvalue weighted by Crippen LogP contribution is -2.42. The zero-order valence-electron chi connectivity index (χ0n) is 11.1. The summed E-state index contributed by atoms with van der Waals surface area (Å²) in [6.07, 6.45) is 3.25. The molecule has 1 N–H and O–H groups in total. The summed E-state index contributed by atoms with van der Waals surface area (Å²) in [6, 6.07) is 0. The molecule has 0 aromatic carbocycles. The van der Waals surface area contributed by atoms with Crippen LogP contribution in [0, 0.1) is 13.8 Å². The molecule has 0 amide bonds. The van der Waals surface area contributed by atoms with Gasteiger partial charge < -0.3 is 10.1 Å². The van der Waals surface area contributed by atoms with Crippen LogP contribution in [0.3, 0.4) is 0 Å². The van der Waals surface area contributed by atoms with Crippen molar-refractivity contribution in [3.8, 4) is 0 Å². The van der Waals surface area contributed by atoms with E-state index < -0.39 is 0 Å². The smallest absolute Gasteiger partial charge is 0.194 e. The van der Waals surface area contributed by atoms with Gasteiger partial charge in [0.25, 0.3) is 0 Å². The molecule has 1 aliphatic rings. The lowest BCUT2D eigenvalue weighted by atomic mass is 10.0. The predicted molar refractivity (Wildman–Crippen MR) is 73.2 cm³/mol. The van der Waals surface area contributed by atoms with Gasteiger partial charge in [0.15, 0.2) is 4.96 Å². The molecule has 0 bridgehead atoms. The molecule has 3 rings (SSSR count). The number of ether oxygens (including phenoxy) is 1. The summed E-state index contributed by atoms with van der Waals surface area (Å²) in [5.41, 5.74) is 2.50. The van der Waals surface area contributed by atoms with Crippen molar-refractivity contribution in [2.24, 2.45) is 0 Å². The Balaban J connectivity index is 1.83. The Morgan fingerprint density at radius 3 is 3.11 bits per heavy atom. The first kappa shape index (κ1) is 12.1. The van der Waals surface area contributed by atoms with Crippen molar-refractivity contribution in [1.82, 2.24) is 14.7 Å². The second-order valence-corrected chi connectivity index (χ2v) is 6.57. The number of hydrogen-bond donors (Lipinski definition) is 1. The molecule has 0 radical (unpaired) electrons. The van der Waals surface area contributed by atoms with E-state index >= 15 is 0 Å². The lowest BCUT2D eigenvalue weighted by molar-refractivity contribution is 0.171. The predicted octanol–water partition coefficient (Wildman–Crippen LogP) is 2.28. The third-order valence-corrected chi connectivity index (χ3v) is 4.54. The highest BCUT2D eigenvalue weighted by Crippen LogP contribution is 2.22. The van der Waals surface area contributed by atoms with Gasteiger partial charge in [0.2, 0.25) is 0 Å². The van der Waals surface area contributed by atoms with E-state index in [1.807, 2.05) is 0 Å². The molecule has 18 heavy (non-hydrogen) atoms. The van der Waals surface area contributed by atoms with Gasteiger partial charge >= 0.3 is 0 Å². The van der Waals surface area contributed by atoms with E-state index in [0.29, 0.717) is 0 Å². The van der Waals surface area contributed by atoms with Gasteiger partial charge in [-0.2, -0.15) is 0 Å². The summed E-state index contributed by atoms with van der Waals surface area (Å²) in [4.78, 5) is 7.00. The van der Waals surface area contributed by atoms with Gasteiger partial charge in [-0.25, -0.2) is 4.98 Å². The third kappa shape index (κ3) is 2.06. The zero-order valence-corrected chi connectivity index (χ0v) is 11.9. The molecule has 0 saturated carbocycles. The number of nitrogens with one attached hydrogen (secondary N) is 1. The summed E-state index contributed by atoms with van der Waals surface area (Å²) in [5, 5.41) is 3.62. The number of aromatic nitrogens is 2. The molecule has 0 aliphatic carbocycles. The highest BCUT2D eigenvalue weighted by molar-refractivity contribution is 7.17. The Morgan fingerprint density at radius 2 is 2.39 bits per heavy atom. The van der Waals surface area contributed by atoms with Gasteiger partial charge in [-0.05, 0) is 27.2 Å². The fraction of sp³-hybridized carbons (Fsp3) is 0.615. The number of thiazole rings is 1. The fourth-order valence-corrected chi connectivity index (χ4v) is 3.32. The largest absolute Gasteiger partial charge is 0.379 e. The highest BCUT2D eigenvalue weighted by atomic mass is 32.1. The van der Waals surface area contributed by atoms with Crippen LogP contribution in [0.5, 0.6) is 0 Å². The molecule has 5 heteroatoms. The second kappa shape index (κ2) is 4.33. The van der Waals surface area contributed by atoms with Crippen molar-refractivity contribution in [2.75, 3.05) is 13.2 Å². The highest BCUT2D eigenvalue weighted by Gasteiger charge is 2.29. The first-order chi connectivity index (χ1) is 8.57. The van der Waals surface area contributed by atoms with Gasteiger partial charge in [0.1, 0.15) is 0 Å². The van der Waals surface area contributed by atoms with Crippen LogP contribution < -0.4 is 5.32 Å². The molecule has 3 heterocycles. The van der Waals surface area contributed by atoms with Crippen LogP contribution >= 0.6 is 11.3 Å². The minimum Gasteiger partial charge on any atom is -0.379 e. The van der Waals surface area contributed by atoms with Crippen molar-refractivity contribution in [1.29, 1.82) is 0 Å². The van der Waals surface area contributed by atoms with Gasteiger partial charge in [-0.1, -0.05) is 0 Å². The second-order valence-electron chi connectivity index (χ2n) is 5.36. The van der Waals surface area contributed by atoms with Crippen LogP contribution in [0.2, 0.25) is 0 Å². The number of fused-ring (bicyclic) bond motifs is 1. The average Bonchev–Trinajstić information content (AvgIpc) is 2.93. The minimum absolute atomic E-state index is 0.113. The van der Waals surface area contributed by atoms with E-state index in [4.69, 9.17) is 4.74 Å². The van der Waals surface area contributed by atoms with Crippen LogP contribution in [-0.4, -0.2) is 28.1 Å². The van der Waals surface area contributed by atoms with E-state index in [1.165, 1.54) is 10.6 Å². The Kier molecular flexibility index (Phi) is 2.92. The van der Waals surface area contributed by atoms with Crippen molar-refractivity contribution >= 4 is 16.3 Å². The van der Waals surface area contributed by atoms with E-state index in [2.05, 4.69) is 41.7 Å². The molecule has 1 atom stereocenters. The van der Waals surface area contributed by atoms with Crippen LogP contribution in [0.25, 0.3) is 4.96 Å². The molecule has 2 aromatic rings. The van der Waals surface area contributed by atoms with Gasteiger partial charge in [-0.15, -0.1) is 11.3 Å². The maximum atomic E-state index is 5.47. The monoisotopic (exact) mass is 265 g/mol. The molecular weight excluding hydrogens is 246 g/mol. The summed E-state index contributed by atoms with van der Waals surface area (Å²) in [5.74, 6) is 0. The summed E-state index contributed by atoms with van der Waals surface area (Å²) in [7, 11) is 0. The Morgan fingerprint density at radius 1 is 1.56 bits per heavy atom. The number of rotatable bonds is 3. The lowest BCUT2D eigenvalue weighted by Gasteiger charge is -2.23. The fourth-order valence-electron chi connectivity index (χ4n) is 2.43. The summed E-state index contributed by atoms with van der Waals surface area (Å²) in [6.45, 7) is 8.95. The van der Waals surface area contributed by atoms with Crippen LogP contribution in [0.1, 0.15) is 29.6 Å². The molecule has 98 valence electrons. The maximum absolute atomic E-state index is 5.47. The standard InChI is InChI=1S/C13H19N3OS/c1-9-7-16-11(10(2)15-12(16)18-9)6-14-13(3)4-5-17-8-13/h7,14H,4-6,8H2,1-3H3. The molecule has 0 spiro atoms. The molecule has 1 unspecified atom stereocenters. The Bertz CT molecular complexity index is 566. The van der Waals surface area contributed by atoms with Gasteiger partial charge in [0, 0.05) is 29.8 Å². The SMILES string of the molecule is Cc1cn2c(CNC3(C)CCOC3)c(C)nc2s1. The van der Waals surface area contributed by atoms with E-state index in [0.717, 1.165) is 36.8 Å². The molecule has 4 nitrogen and oxygen atoms in total. The van der Waals surface area contributed by atoms with Crippen molar-refractivity contribution in [2.45, 2.75) is 39.3 Å². The van der Waals surface area contributed by atoms with Crippen molar-refractivity contribution < 1.29 is 4.74 Å². The van der Waals surface area contributed by atoms with Crippen LogP contribution in [0.15, 0.2) is 6.20 Å². The van der Waals surface area contributed by atoms with Crippen LogP contribution in [0.4, 0.5) is 0 Å². The van der Waals surface area contributed by atoms with Crippen LogP contribution in [-0.2, 0) is 11.3 Å². The van der Waals surface area contributed by atoms with E-state index in [9.17, 15) is 0 Å². The first-order valence-corrected chi connectivity index (χ1v) is 7.16. The zero-order chi connectivity index (χ0) is 12.8. The molecule has 1 fully saturated rings. The van der Waals surface area contributed by atoms with Crippen molar-refractivity contribution in [3.63, 3.8) is 0 Å². The van der Waals surface area contributed by atoms with E-state index in [-0.39, 0.29) is 5.54 Å². The van der Waals surface area contributed by atoms with E-state index in [1.54, 1.807) is 11.3 Å². The molecular formula is C13H19N3OS. The topological polar surface area (TPSA) is 38.6 Å². The molecule has 1 saturated heterocycles. The molecule has 2 aromatic heterocycles. The first-order valence-electron chi connectivity index (χ1n) is 6.34. The Hall–Kier alpha value is -0.910. The molecule has 1 aliphatic heterocycles.